The van der Waals surface area contributed by atoms with E-state index in [1.165, 1.54) is 0 Å². The number of anilines is 1. The Kier molecular flexibility index (Phi) is 3.35. The first-order chi connectivity index (χ1) is 5.86. The van der Waals surface area contributed by atoms with Gasteiger partial charge in [-0.1, -0.05) is 31.2 Å². The van der Waals surface area contributed by atoms with Crippen LogP contribution in [0.15, 0.2) is 30.3 Å². The van der Waals surface area contributed by atoms with Crippen LogP contribution >= 0.6 is 0 Å². The van der Waals surface area contributed by atoms with Crippen molar-refractivity contribution in [3.05, 3.63) is 41.1 Å². The highest BCUT2D eigenvalue weighted by Gasteiger charge is 1.86. The summed E-state index contributed by atoms with van der Waals surface area (Å²) in [5.74, 6) is 0. The summed E-state index contributed by atoms with van der Waals surface area (Å²) in [5, 5.41) is 10.3. The highest BCUT2D eigenvalue weighted by Crippen LogP contribution is 2.11. The Morgan fingerprint density at radius 3 is 3.00 bits per heavy atom. The zero-order chi connectivity index (χ0) is 8.81. The molecule has 0 aliphatic rings. The molecule has 0 fully saturated rings. The normalized spacial score (nSPS) is 10.5. The predicted octanol–water partition coefficient (Wildman–Crippen LogP) is 3.02. The molecule has 1 rings (SSSR count). The van der Waals surface area contributed by atoms with E-state index >= 15 is 0 Å². The lowest BCUT2D eigenvalue weighted by Gasteiger charge is -2.08. The Labute approximate surface area is 72.5 Å². The van der Waals surface area contributed by atoms with E-state index in [1.807, 2.05) is 29.8 Å². The third kappa shape index (κ3) is 2.40. The lowest BCUT2D eigenvalue weighted by Crippen LogP contribution is -1.84. The molecule has 0 unspecified atom stereocenters. The average Bonchev–Trinajstić information content (AvgIpc) is 2.15. The monoisotopic (exact) mass is 162 g/mol. The standard InChI is InChI=1S/C10H12NO/c1-2-3-5-9-6-4-7-10(8-9)11-12/h3-8,11H,2H2,1H3/q-1/b5-3+. The topological polar surface area (TPSA) is 35.1 Å². The van der Waals surface area contributed by atoms with Crippen molar-refractivity contribution in [2.75, 3.05) is 5.48 Å². The van der Waals surface area contributed by atoms with Crippen molar-refractivity contribution in [2.24, 2.45) is 0 Å². The second-order valence-corrected chi connectivity index (χ2v) is 2.54. The molecule has 0 atom stereocenters. The van der Waals surface area contributed by atoms with E-state index in [2.05, 4.69) is 13.0 Å². The summed E-state index contributed by atoms with van der Waals surface area (Å²) in [6.45, 7) is 2.08. The van der Waals surface area contributed by atoms with Gasteiger partial charge in [0.25, 0.3) is 0 Å². The zero-order valence-electron chi connectivity index (χ0n) is 7.08. The van der Waals surface area contributed by atoms with Crippen LogP contribution in [0.4, 0.5) is 5.69 Å². The first-order valence-corrected chi connectivity index (χ1v) is 4.01. The van der Waals surface area contributed by atoms with E-state index in [9.17, 15) is 5.21 Å². The Hall–Kier alpha value is -1.28. The van der Waals surface area contributed by atoms with Crippen LogP contribution in [0.3, 0.4) is 0 Å². The molecule has 0 amide bonds. The van der Waals surface area contributed by atoms with Crippen LogP contribution in [-0.2, 0) is 0 Å². The highest BCUT2D eigenvalue weighted by molar-refractivity contribution is 5.57. The number of hydrogen-bond acceptors (Lipinski definition) is 2. The second-order valence-electron chi connectivity index (χ2n) is 2.54. The third-order valence-electron chi connectivity index (χ3n) is 1.55. The molecule has 0 saturated carbocycles. The van der Waals surface area contributed by atoms with Gasteiger partial charge in [-0.05, 0) is 24.1 Å². The molecule has 0 spiro atoms. The van der Waals surface area contributed by atoms with Gasteiger partial charge in [0.2, 0.25) is 0 Å². The Balaban J connectivity index is 2.79. The molecule has 0 bridgehead atoms. The maximum atomic E-state index is 10.3. The number of benzene rings is 1. The summed E-state index contributed by atoms with van der Waals surface area (Å²) in [6, 6.07) is 7.39. The van der Waals surface area contributed by atoms with Crippen LogP contribution in [0, 0.1) is 5.21 Å². The molecule has 12 heavy (non-hydrogen) atoms. The van der Waals surface area contributed by atoms with Gasteiger partial charge in [-0.2, -0.15) is 0 Å². The number of rotatable bonds is 3. The molecule has 2 heteroatoms. The van der Waals surface area contributed by atoms with Crippen molar-refractivity contribution in [3.63, 3.8) is 0 Å². The Morgan fingerprint density at radius 2 is 2.33 bits per heavy atom. The van der Waals surface area contributed by atoms with Crippen molar-refractivity contribution >= 4 is 11.8 Å². The highest BCUT2D eigenvalue weighted by atomic mass is 16.5. The quantitative estimate of drug-likeness (QED) is 0.693. The first-order valence-electron chi connectivity index (χ1n) is 4.01. The lowest BCUT2D eigenvalue weighted by molar-refractivity contribution is 1.23. The van der Waals surface area contributed by atoms with Crippen molar-refractivity contribution in [1.82, 2.24) is 0 Å². The predicted molar refractivity (Wildman–Crippen MR) is 52.8 cm³/mol. The second kappa shape index (κ2) is 4.57. The maximum Gasteiger partial charge on any atom is 0.0239 e. The van der Waals surface area contributed by atoms with Crippen LogP contribution in [0.1, 0.15) is 18.9 Å². The zero-order valence-corrected chi connectivity index (χ0v) is 7.08. The first kappa shape index (κ1) is 8.81. The van der Waals surface area contributed by atoms with E-state index in [-0.39, 0.29) is 0 Å². The fourth-order valence-corrected chi connectivity index (χ4v) is 0.960. The minimum Gasteiger partial charge on any atom is -0.761 e. The summed E-state index contributed by atoms with van der Waals surface area (Å²) in [6.07, 6.45) is 5.07. The Morgan fingerprint density at radius 1 is 1.50 bits per heavy atom. The third-order valence-corrected chi connectivity index (χ3v) is 1.55. The van der Waals surface area contributed by atoms with Crippen molar-refractivity contribution < 1.29 is 0 Å². The van der Waals surface area contributed by atoms with E-state index in [0.717, 1.165) is 12.0 Å². The number of nitrogens with one attached hydrogen (secondary N) is 1. The summed E-state index contributed by atoms with van der Waals surface area (Å²) < 4.78 is 0. The van der Waals surface area contributed by atoms with Crippen molar-refractivity contribution in [3.8, 4) is 0 Å². The minimum absolute atomic E-state index is 0.605. The van der Waals surface area contributed by atoms with Gasteiger partial charge in [0.1, 0.15) is 0 Å². The molecular formula is C10H12NO-. The van der Waals surface area contributed by atoms with Crippen molar-refractivity contribution in [1.29, 1.82) is 0 Å². The summed E-state index contributed by atoms with van der Waals surface area (Å²) in [7, 11) is 0. The molecule has 1 N–H and O–H groups in total. The average molecular weight is 162 g/mol. The minimum atomic E-state index is 0.605. The molecular weight excluding hydrogens is 150 g/mol. The van der Waals surface area contributed by atoms with Crippen LogP contribution in [0.25, 0.3) is 6.08 Å². The van der Waals surface area contributed by atoms with Crippen molar-refractivity contribution in [2.45, 2.75) is 13.3 Å². The molecule has 0 aliphatic carbocycles. The molecule has 0 radical (unpaired) electrons. The SMILES string of the molecule is CC/C=C/c1cccc(N[O-])c1. The molecule has 1 aromatic rings. The van der Waals surface area contributed by atoms with Crippen LogP contribution in [0.2, 0.25) is 0 Å². The van der Waals surface area contributed by atoms with Gasteiger partial charge < -0.3 is 10.7 Å². The van der Waals surface area contributed by atoms with E-state index < -0.39 is 0 Å². The fourth-order valence-electron chi connectivity index (χ4n) is 0.960. The molecule has 64 valence electrons. The van der Waals surface area contributed by atoms with Crippen LogP contribution in [0.5, 0.6) is 0 Å². The van der Waals surface area contributed by atoms with Crippen LogP contribution in [-0.4, -0.2) is 0 Å². The van der Waals surface area contributed by atoms with Gasteiger partial charge >= 0.3 is 0 Å². The summed E-state index contributed by atoms with van der Waals surface area (Å²) >= 11 is 0. The lowest BCUT2D eigenvalue weighted by atomic mass is 10.2. The molecule has 0 aromatic heterocycles. The largest absolute Gasteiger partial charge is 0.761 e. The molecule has 1 aromatic carbocycles. The maximum absolute atomic E-state index is 10.3. The number of hydrogen-bond donors (Lipinski definition) is 1. The molecule has 2 nitrogen and oxygen atoms in total. The molecule has 0 saturated heterocycles. The number of allylic oxidation sites excluding steroid dienone is 1. The Bertz CT molecular complexity index is 268. The van der Waals surface area contributed by atoms with Gasteiger partial charge in [0, 0.05) is 5.69 Å². The molecule has 0 aliphatic heterocycles. The van der Waals surface area contributed by atoms with Crippen LogP contribution < -0.4 is 5.48 Å². The summed E-state index contributed by atoms with van der Waals surface area (Å²) in [5.41, 5.74) is 3.52. The van der Waals surface area contributed by atoms with Gasteiger partial charge in [-0.25, -0.2) is 0 Å². The fraction of sp³-hybridized carbons (Fsp3) is 0.200. The van der Waals surface area contributed by atoms with E-state index in [4.69, 9.17) is 0 Å². The van der Waals surface area contributed by atoms with E-state index in [1.54, 1.807) is 6.07 Å². The van der Waals surface area contributed by atoms with Gasteiger partial charge in [-0.15, -0.1) is 0 Å². The summed E-state index contributed by atoms with van der Waals surface area (Å²) in [4.78, 5) is 0. The smallest absolute Gasteiger partial charge is 0.0239 e. The van der Waals surface area contributed by atoms with Gasteiger partial charge in [0.15, 0.2) is 0 Å². The van der Waals surface area contributed by atoms with E-state index in [0.29, 0.717) is 5.69 Å². The van der Waals surface area contributed by atoms with Gasteiger partial charge in [-0.3, -0.25) is 0 Å². The molecule has 0 heterocycles. The van der Waals surface area contributed by atoms with Gasteiger partial charge in [0.05, 0.1) is 0 Å².